The lowest BCUT2D eigenvalue weighted by Gasteiger charge is -2.06. The number of ketones is 5. The molecule has 0 spiro atoms. The van der Waals surface area contributed by atoms with E-state index in [-0.39, 0.29) is 70.8 Å². The van der Waals surface area contributed by atoms with E-state index >= 15 is 0 Å². The van der Waals surface area contributed by atoms with E-state index in [0.29, 0.717) is 122 Å². The lowest BCUT2D eigenvalue weighted by atomic mass is 10.1. The van der Waals surface area contributed by atoms with Crippen molar-refractivity contribution in [1.29, 1.82) is 10.8 Å². The third-order valence-corrected chi connectivity index (χ3v) is 12.9. The minimum Gasteiger partial charge on any atom is -0.388 e. The van der Waals surface area contributed by atoms with Crippen LogP contribution in [0.25, 0.3) is 0 Å². The topological polar surface area (TPSA) is 594 Å². The molecule has 0 amide bonds. The van der Waals surface area contributed by atoms with Gasteiger partial charge in [0, 0.05) is 58.0 Å². The van der Waals surface area contributed by atoms with Crippen molar-refractivity contribution < 1.29 is 47.7 Å². The van der Waals surface area contributed by atoms with Gasteiger partial charge in [-0.2, -0.15) is 0 Å². The number of aliphatic imine (C=N–C) groups is 2. The smallest absolute Gasteiger partial charge is 0.185 e. The van der Waals surface area contributed by atoms with Gasteiger partial charge in [-0.1, -0.05) is 99.1 Å². The van der Waals surface area contributed by atoms with Gasteiger partial charge in [0.15, 0.2) is 17.7 Å². The highest BCUT2D eigenvalue weighted by atomic mass is 16.5. The van der Waals surface area contributed by atoms with Gasteiger partial charge in [-0.25, -0.2) is 0 Å². The molecule has 0 aromatic carbocycles. The SMILES string of the molecule is C=C(C)C(=O)CCC.C=CCC.CC(=N)CCCCC(=N)N.CC(=O)[C@@H](N)CCCCN.CC(=O)[C@@H](N)CCCN=C(N)N.CC(=O)[C@H](N)CCCCN.CC(=O)[C@H](N)CCCN=C(N)N.CCCCCCCN.CCCCOCCOCCOCCCN.CCCN.CCCOCCOCCN. The first-order chi connectivity index (χ1) is 48.8. The second-order valence-electron chi connectivity index (χ2n) is 23.8. The fraction of sp³-hybridized carbons (Fsp3) is 0.824. The van der Waals surface area contributed by atoms with Crippen molar-refractivity contribution in [1.82, 2.24) is 0 Å². The van der Waals surface area contributed by atoms with E-state index in [2.05, 4.69) is 57.8 Å². The Morgan fingerprint density at radius 1 is 0.369 bits per heavy atom. The van der Waals surface area contributed by atoms with Gasteiger partial charge in [0.05, 0.1) is 76.3 Å². The monoisotopic (exact) mass is 1480 g/mol. The third kappa shape index (κ3) is 156. The summed E-state index contributed by atoms with van der Waals surface area (Å²) in [6.45, 7) is 41.5. The van der Waals surface area contributed by atoms with E-state index in [4.69, 9.17) is 121 Å². The fourth-order valence-corrected chi connectivity index (χ4v) is 6.29. The molecule has 0 unspecified atom stereocenters. The number of amidine groups is 1. The Kier molecular flexibility index (Phi) is 130. The normalized spacial score (nSPS) is 10.8. The minimum absolute atomic E-state index is 0.000278. The number of unbranched alkanes of at least 4 members (excludes halogenated alkanes) is 8. The molecule has 0 radical (unpaired) electrons. The molecule has 0 aliphatic carbocycles. The van der Waals surface area contributed by atoms with Crippen LogP contribution in [-0.4, -0.2) is 195 Å². The summed E-state index contributed by atoms with van der Waals surface area (Å²) >= 11 is 0. The minimum atomic E-state index is -0.376. The van der Waals surface area contributed by atoms with E-state index in [1.807, 2.05) is 13.0 Å². The van der Waals surface area contributed by atoms with Crippen LogP contribution in [0.2, 0.25) is 0 Å². The van der Waals surface area contributed by atoms with Crippen molar-refractivity contribution >= 4 is 52.4 Å². The number of Topliss-reactive ketones (excluding diaryl/α,β-unsaturated/α-hetero) is 5. The molecule has 0 aromatic rings. The van der Waals surface area contributed by atoms with Gasteiger partial charge in [-0.05, 0) is 195 Å². The van der Waals surface area contributed by atoms with Gasteiger partial charge in [0.2, 0.25) is 0 Å². The summed E-state index contributed by atoms with van der Waals surface area (Å²) < 4.78 is 26.2. The Labute approximate surface area is 628 Å². The molecule has 0 aliphatic heterocycles. The molecular formula is C74H167N19O10. The average molecular weight is 1480 g/mol. The second-order valence-corrected chi connectivity index (χ2v) is 23.8. The Bertz CT molecular complexity index is 1760. The molecule has 618 valence electrons. The molecule has 29 nitrogen and oxygen atoms in total. The molecular weight excluding hydrogens is 1310 g/mol. The Morgan fingerprint density at radius 3 is 0.961 bits per heavy atom. The molecule has 0 fully saturated rings. The first-order valence-corrected chi connectivity index (χ1v) is 37.7. The number of carbonyl (C=O) groups excluding carboxylic acids is 5. The highest BCUT2D eigenvalue weighted by Gasteiger charge is 2.09. The molecule has 0 saturated heterocycles. The van der Waals surface area contributed by atoms with Gasteiger partial charge in [0.25, 0.3) is 0 Å². The fourth-order valence-electron chi connectivity index (χ4n) is 6.29. The first kappa shape index (κ1) is 122. The summed E-state index contributed by atoms with van der Waals surface area (Å²) in [7, 11) is 0. The Hall–Kier alpha value is -5.09. The van der Waals surface area contributed by atoms with Crippen LogP contribution in [0.1, 0.15) is 256 Å². The second kappa shape index (κ2) is 110. The summed E-state index contributed by atoms with van der Waals surface area (Å²) in [5.74, 6) is 0.723. The molecule has 0 aliphatic rings. The van der Waals surface area contributed by atoms with Crippen LogP contribution in [0.3, 0.4) is 0 Å². The summed E-state index contributed by atoms with van der Waals surface area (Å²) in [5.41, 5.74) is 80.2. The third-order valence-electron chi connectivity index (χ3n) is 12.9. The van der Waals surface area contributed by atoms with Crippen LogP contribution in [0.15, 0.2) is 34.8 Å². The van der Waals surface area contributed by atoms with E-state index in [1.165, 1.54) is 66.2 Å². The zero-order chi connectivity index (χ0) is 81.6. The largest absolute Gasteiger partial charge is 0.388 e. The van der Waals surface area contributed by atoms with Crippen molar-refractivity contribution in [3.63, 3.8) is 0 Å². The van der Waals surface area contributed by atoms with Gasteiger partial charge in [0.1, 0.15) is 23.1 Å². The predicted molar refractivity (Wildman–Crippen MR) is 438 cm³/mol. The quantitative estimate of drug-likeness (QED) is 0.00972. The molecule has 0 bridgehead atoms. The molecule has 0 heterocycles. The van der Waals surface area contributed by atoms with Crippen molar-refractivity contribution in [3.05, 3.63) is 24.8 Å². The summed E-state index contributed by atoms with van der Waals surface area (Å²) in [5, 5.41) is 14.0. The summed E-state index contributed by atoms with van der Waals surface area (Å²) in [4.78, 5) is 60.7. The van der Waals surface area contributed by atoms with Crippen LogP contribution in [0.5, 0.6) is 0 Å². The van der Waals surface area contributed by atoms with E-state index in [9.17, 15) is 24.0 Å². The molecule has 103 heavy (non-hydrogen) atoms. The van der Waals surface area contributed by atoms with Gasteiger partial charge >= 0.3 is 0 Å². The van der Waals surface area contributed by atoms with Gasteiger partial charge in [-0.15, -0.1) is 6.58 Å². The highest BCUT2D eigenvalue weighted by Crippen LogP contribution is 2.03. The molecule has 0 rings (SSSR count). The number of guanidine groups is 2. The Balaban J connectivity index is -0.000000102. The van der Waals surface area contributed by atoms with Crippen molar-refractivity contribution in [2.45, 2.75) is 281 Å². The maximum Gasteiger partial charge on any atom is 0.185 e. The van der Waals surface area contributed by atoms with Crippen molar-refractivity contribution in [2.24, 2.45) is 96.0 Å². The van der Waals surface area contributed by atoms with Gasteiger partial charge < -0.3 is 115 Å². The number of rotatable bonds is 54. The van der Waals surface area contributed by atoms with Crippen LogP contribution >= 0.6 is 0 Å². The van der Waals surface area contributed by atoms with E-state index in [0.717, 1.165) is 142 Å². The number of nitrogens with one attached hydrogen (secondary N) is 2. The number of carbonyl (C=O) groups is 5. The lowest BCUT2D eigenvalue weighted by molar-refractivity contribution is -0.119. The van der Waals surface area contributed by atoms with E-state index < -0.39 is 0 Å². The van der Waals surface area contributed by atoms with Crippen LogP contribution < -0.4 is 86.0 Å². The van der Waals surface area contributed by atoms with Gasteiger partial charge in [-0.3, -0.25) is 39.4 Å². The van der Waals surface area contributed by atoms with Crippen LogP contribution in [-0.2, 0) is 47.7 Å². The standard InChI is InChI=1S/C11H25NO3.2C7H16N4O.C7H15N3.2C7H16N2O.C7H17NO2.C7H17N.C7H12O.C4H8.C3H9N/c1-2-3-6-13-8-10-15-11-9-14-7-4-5-12;2*1-5(12)6(8)3-2-4-11-7(9)10;1-6(8)4-2-3-5-7(9)10;2*1-6(10)7(9)4-2-3-5-8;1-2-4-9-6-7-10-5-3-8;1-2-3-4-5-6-7-8;1-4-5-7(8)6(2)3;1-3-4-2;1-2-3-4/h2-12H2,1H3;2*6H,2-4,8H2,1H3,(H4,9,10,11);8H,2-5H2,1H3,(H3,9,10);2*7H,2-5,8-9H2,1H3;2-8H2,1H3;2-8H2,1H3;2,4-5H2,1,3H3;3H,1,4H2,2H3;2-4H2,1H3/t;2*6-;;2*7-;;;;;/m.10.10...../s1. The number of nitrogens with two attached hydrogens (primary N) is 15. The maximum atomic E-state index is 10.7. The number of nitrogens with zero attached hydrogens (tertiary/aromatic N) is 2. The molecule has 32 N–H and O–H groups in total. The van der Waals surface area contributed by atoms with Crippen molar-refractivity contribution in [3.8, 4) is 0 Å². The molecule has 4 atom stereocenters. The van der Waals surface area contributed by atoms with Crippen LogP contribution in [0, 0.1) is 10.8 Å². The maximum absolute atomic E-state index is 10.7. The lowest BCUT2D eigenvalue weighted by Crippen LogP contribution is -2.28. The molecule has 0 aromatic heterocycles. The van der Waals surface area contributed by atoms with Crippen molar-refractivity contribution in [2.75, 3.05) is 118 Å². The Morgan fingerprint density at radius 2 is 0.689 bits per heavy atom. The molecule has 0 saturated carbocycles. The highest BCUT2D eigenvalue weighted by molar-refractivity contribution is 5.94. The number of allylic oxidation sites excluding steroid dienone is 2. The predicted octanol–water partition coefficient (Wildman–Crippen LogP) is 6.86. The zero-order valence-corrected chi connectivity index (χ0v) is 67.8. The average Bonchev–Trinajstić information content (AvgIpc) is 3.60. The number of hydrogen-bond acceptors (Lipinski definition) is 24. The zero-order valence-electron chi connectivity index (χ0n) is 67.8. The summed E-state index contributed by atoms with van der Waals surface area (Å²) in [6.07, 6.45) is 28.0. The number of hydrogen-bond donors (Lipinski definition) is 17. The first-order valence-electron chi connectivity index (χ1n) is 37.7. The summed E-state index contributed by atoms with van der Waals surface area (Å²) in [6, 6.07) is -1.29. The van der Waals surface area contributed by atoms with Crippen LogP contribution in [0.4, 0.5) is 0 Å². The van der Waals surface area contributed by atoms with E-state index in [1.54, 1.807) is 13.8 Å². The number of ether oxygens (including phenoxy) is 5. The molecule has 29 heteroatoms.